The third-order valence-electron chi connectivity index (χ3n) is 2.46. The summed E-state index contributed by atoms with van der Waals surface area (Å²) in [6.45, 7) is 1.01. The number of rotatable bonds is 4. The second-order valence-electron chi connectivity index (χ2n) is 3.81. The smallest absolute Gasteiger partial charge is 0.129 e. The maximum atomic E-state index is 13.6. The monoisotopic (exact) mass is 253 g/mol. The predicted octanol–water partition coefficient (Wildman–Crippen LogP) is 2.23. The Labute approximate surface area is 104 Å². The van der Waals surface area contributed by atoms with Crippen molar-refractivity contribution in [2.24, 2.45) is 5.73 Å². The first-order valence-corrected chi connectivity index (χ1v) is 5.71. The standard InChI is InChI=1S/C12H13ClFN3/c13-10-2-1-9(12(14)5-10)6-17-7-11(3-4-15)16-8-17/h1-2,5,7-8H,3-4,6,15H2. The van der Waals surface area contributed by atoms with Gasteiger partial charge in [0.05, 0.1) is 18.6 Å². The van der Waals surface area contributed by atoms with Crippen LogP contribution in [0.25, 0.3) is 0 Å². The SMILES string of the molecule is NCCc1cn(Cc2ccc(Cl)cc2F)cn1. The van der Waals surface area contributed by atoms with E-state index in [1.54, 1.807) is 18.5 Å². The summed E-state index contributed by atoms with van der Waals surface area (Å²) in [5, 5.41) is 0.403. The first kappa shape index (κ1) is 12.1. The maximum absolute atomic E-state index is 13.6. The molecule has 17 heavy (non-hydrogen) atoms. The Kier molecular flexibility index (Phi) is 3.76. The van der Waals surface area contributed by atoms with Gasteiger partial charge in [-0.3, -0.25) is 0 Å². The normalized spacial score (nSPS) is 10.8. The zero-order valence-electron chi connectivity index (χ0n) is 9.24. The van der Waals surface area contributed by atoms with Crippen LogP contribution in [0, 0.1) is 5.82 Å². The van der Waals surface area contributed by atoms with Crippen molar-refractivity contribution in [2.75, 3.05) is 6.54 Å². The molecule has 0 aliphatic rings. The van der Waals surface area contributed by atoms with Gasteiger partial charge in [0.25, 0.3) is 0 Å². The average Bonchev–Trinajstić information content (AvgIpc) is 2.71. The van der Waals surface area contributed by atoms with E-state index in [4.69, 9.17) is 17.3 Å². The molecule has 0 saturated heterocycles. The van der Waals surface area contributed by atoms with Crippen molar-refractivity contribution in [3.8, 4) is 0 Å². The van der Waals surface area contributed by atoms with E-state index in [9.17, 15) is 4.39 Å². The molecule has 0 atom stereocenters. The van der Waals surface area contributed by atoms with E-state index in [1.807, 2.05) is 10.8 Å². The summed E-state index contributed by atoms with van der Waals surface area (Å²) in [6, 6.07) is 4.67. The minimum absolute atomic E-state index is 0.299. The molecule has 2 N–H and O–H groups in total. The lowest BCUT2D eigenvalue weighted by atomic mass is 10.2. The van der Waals surface area contributed by atoms with Crippen molar-refractivity contribution in [1.29, 1.82) is 0 Å². The first-order valence-electron chi connectivity index (χ1n) is 5.33. The van der Waals surface area contributed by atoms with Crippen molar-refractivity contribution in [2.45, 2.75) is 13.0 Å². The van der Waals surface area contributed by atoms with Gasteiger partial charge in [-0.2, -0.15) is 0 Å². The van der Waals surface area contributed by atoms with Gasteiger partial charge in [0.2, 0.25) is 0 Å². The van der Waals surface area contributed by atoms with Gasteiger partial charge in [0, 0.05) is 23.2 Å². The van der Waals surface area contributed by atoms with E-state index < -0.39 is 0 Å². The molecule has 0 saturated carbocycles. The van der Waals surface area contributed by atoms with Gasteiger partial charge >= 0.3 is 0 Å². The van der Waals surface area contributed by atoms with E-state index in [1.165, 1.54) is 6.07 Å². The lowest BCUT2D eigenvalue weighted by Gasteiger charge is -2.04. The second-order valence-corrected chi connectivity index (χ2v) is 4.25. The summed E-state index contributed by atoms with van der Waals surface area (Å²) < 4.78 is 15.4. The highest BCUT2D eigenvalue weighted by Gasteiger charge is 2.04. The molecule has 0 fully saturated rings. The van der Waals surface area contributed by atoms with E-state index >= 15 is 0 Å². The fraction of sp³-hybridized carbons (Fsp3) is 0.250. The molecule has 5 heteroatoms. The molecule has 1 heterocycles. The van der Waals surface area contributed by atoms with Crippen LogP contribution in [0.15, 0.2) is 30.7 Å². The number of hydrogen-bond acceptors (Lipinski definition) is 2. The number of nitrogens with zero attached hydrogens (tertiary/aromatic N) is 2. The number of aromatic nitrogens is 2. The molecule has 90 valence electrons. The molecule has 0 aliphatic carbocycles. The van der Waals surface area contributed by atoms with Crippen LogP contribution in [0.1, 0.15) is 11.3 Å². The van der Waals surface area contributed by atoms with Crippen LogP contribution in [-0.2, 0) is 13.0 Å². The fourth-order valence-electron chi connectivity index (χ4n) is 1.62. The molecule has 1 aromatic heterocycles. The molecule has 0 amide bonds. The number of imidazole rings is 1. The van der Waals surface area contributed by atoms with Gasteiger partial charge in [-0.15, -0.1) is 0 Å². The Morgan fingerprint density at radius 2 is 2.24 bits per heavy atom. The second kappa shape index (κ2) is 5.29. The number of hydrogen-bond donors (Lipinski definition) is 1. The average molecular weight is 254 g/mol. The van der Waals surface area contributed by atoms with Crippen LogP contribution in [0.2, 0.25) is 5.02 Å². The number of benzene rings is 1. The largest absolute Gasteiger partial charge is 0.333 e. The Morgan fingerprint density at radius 1 is 1.41 bits per heavy atom. The lowest BCUT2D eigenvalue weighted by Crippen LogP contribution is -2.03. The molecule has 0 spiro atoms. The lowest BCUT2D eigenvalue weighted by molar-refractivity contribution is 0.599. The van der Waals surface area contributed by atoms with Crippen molar-refractivity contribution in [3.05, 3.63) is 52.8 Å². The third-order valence-corrected chi connectivity index (χ3v) is 2.69. The van der Waals surface area contributed by atoms with Gasteiger partial charge in [-0.1, -0.05) is 17.7 Å². The zero-order valence-corrected chi connectivity index (χ0v) is 9.99. The highest BCUT2D eigenvalue weighted by atomic mass is 35.5. The van der Waals surface area contributed by atoms with Crippen LogP contribution in [0.4, 0.5) is 4.39 Å². The van der Waals surface area contributed by atoms with Gasteiger partial charge in [0.15, 0.2) is 0 Å². The topological polar surface area (TPSA) is 43.8 Å². The van der Waals surface area contributed by atoms with Crippen molar-refractivity contribution in [3.63, 3.8) is 0 Å². The van der Waals surface area contributed by atoms with Gasteiger partial charge < -0.3 is 10.3 Å². The van der Waals surface area contributed by atoms with Crippen molar-refractivity contribution >= 4 is 11.6 Å². The minimum Gasteiger partial charge on any atom is -0.333 e. The number of nitrogens with two attached hydrogens (primary N) is 1. The summed E-state index contributed by atoms with van der Waals surface area (Å²) in [7, 11) is 0. The molecule has 3 nitrogen and oxygen atoms in total. The molecule has 2 rings (SSSR count). The summed E-state index contributed by atoms with van der Waals surface area (Å²) in [4.78, 5) is 4.18. The molecular formula is C12H13ClFN3. The maximum Gasteiger partial charge on any atom is 0.129 e. The Balaban J connectivity index is 2.13. The molecule has 2 aromatic rings. The number of halogens is 2. The van der Waals surface area contributed by atoms with E-state index in [0.717, 1.165) is 12.1 Å². The summed E-state index contributed by atoms with van der Waals surface area (Å²) in [5.41, 5.74) is 6.95. The summed E-state index contributed by atoms with van der Waals surface area (Å²) in [5.74, 6) is -0.299. The molecule has 1 aromatic carbocycles. The highest BCUT2D eigenvalue weighted by molar-refractivity contribution is 6.30. The summed E-state index contributed by atoms with van der Waals surface area (Å²) in [6.07, 6.45) is 4.29. The van der Waals surface area contributed by atoms with Gasteiger partial charge in [0.1, 0.15) is 5.82 Å². The molecule has 0 bridgehead atoms. The minimum atomic E-state index is -0.299. The van der Waals surface area contributed by atoms with Crippen LogP contribution < -0.4 is 5.73 Å². The van der Waals surface area contributed by atoms with E-state index in [0.29, 0.717) is 23.7 Å². The van der Waals surface area contributed by atoms with Crippen LogP contribution in [0.3, 0.4) is 0 Å². The van der Waals surface area contributed by atoms with Crippen LogP contribution in [0.5, 0.6) is 0 Å². The highest BCUT2D eigenvalue weighted by Crippen LogP contribution is 2.15. The quantitative estimate of drug-likeness (QED) is 0.908. The molecular weight excluding hydrogens is 241 g/mol. The fourth-order valence-corrected chi connectivity index (χ4v) is 1.78. The van der Waals surface area contributed by atoms with E-state index in [-0.39, 0.29) is 5.82 Å². The Bertz CT molecular complexity index is 510. The van der Waals surface area contributed by atoms with Crippen molar-refractivity contribution < 1.29 is 4.39 Å². The first-order chi connectivity index (χ1) is 8.19. The molecule has 0 radical (unpaired) electrons. The van der Waals surface area contributed by atoms with Gasteiger partial charge in [-0.25, -0.2) is 9.37 Å². The third kappa shape index (κ3) is 3.05. The Hall–Kier alpha value is -1.39. The predicted molar refractivity (Wildman–Crippen MR) is 65.5 cm³/mol. The van der Waals surface area contributed by atoms with Crippen LogP contribution in [-0.4, -0.2) is 16.1 Å². The van der Waals surface area contributed by atoms with Gasteiger partial charge in [-0.05, 0) is 18.7 Å². The Morgan fingerprint density at radius 3 is 2.94 bits per heavy atom. The van der Waals surface area contributed by atoms with Crippen molar-refractivity contribution in [1.82, 2.24) is 9.55 Å². The van der Waals surface area contributed by atoms with Crippen LogP contribution >= 0.6 is 11.6 Å². The molecule has 0 aliphatic heterocycles. The molecule has 0 unspecified atom stereocenters. The zero-order chi connectivity index (χ0) is 12.3. The van der Waals surface area contributed by atoms with E-state index in [2.05, 4.69) is 4.98 Å². The summed E-state index contributed by atoms with van der Waals surface area (Å²) >= 11 is 5.69.